The highest BCUT2D eigenvalue weighted by Crippen LogP contribution is 2.43. The maximum Gasteiger partial charge on any atom is 0.416 e. The van der Waals surface area contributed by atoms with Crippen LogP contribution in [0, 0.1) is 6.92 Å². The highest BCUT2D eigenvalue weighted by Gasteiger charge is 2.32. The van der Waals surface area contributed by atoms with Crippen molar-refractivity contribution in [2.45, 2.75) is 25.6 Å². The van der Waals surface area contributed by atoms with E-state index in [-0.39, 0.29) is 6.04 Å². The van der Waals surface area contributed by atoms with Crippen LogP contribution in [0.25, 0.3) is 10.1 Å². The summed E-state index contributed by atoms with van der Waals surface area (Å²) >= 11 is 1.41. The van der Waals surface area contributed by atoms with E-state index in [0.29, 0.717) is 16.2 Å². The molecule has 0 spiro atoms. The van der Waals surface area contributed by atoms with Crippen LogP contribution in [0.3, 0.4) is 0 Å². The van der Waals surface area contributed by atoms with Crippen LogP contribution in [0.15, 0.2) is 30.3 Å². The first-order valence-corrected chi connectivity index (χ1v) is 9.73. The summed E-state index contributed by atoms with van der Waals surface area (Å²) in [5.41, 5.74) is 2.63. The molecule has 7 heteroatoms. The molecule has 2 heterocycles. The van der Waals surface area contributed by atoms with Crippen LogP contribution in [-0.2, 0) is 12.6 Å². The lowest BCUT2D eigenvalue weighted by atomic mass is 9.91. The zero-order valence-corrected chi connectivity index (χ0v) is 16.6. The van der Waals surface area contributed by atoms with Crippen LogP contribution in [0.4, 0.5) is 13.2 Å². The minimum atomic E-state index is -4.34. The molecule has 0 saturated carbocycles. The highest BCUT2D eigenvalue weighted by atomic mass is 32.1. The molecule has 1 aromatic heterocycles. The number of benzene rings is 2. The third-order valence-corrected chi connectivity index (χ3v) is 6.58. The number of halogens is 3. The van der Waals surface area contributed by atoms with Gasteiger partial charge < -0.3 is 14.8 Å². The molecule has 0 bridgehead atoms. The van der Waals surface area contributed by atoms with Crippen molar-refractivity contribution in [1.82, 2.24) is 5.32 Å². The van der Waals surface area contributed by atoms with Crippen LogP contribution in [-0.4, -0.2) is 20.8 Å². The Morgan fingerprint density at radius 1 is 1.07 bits per heavy atom. The molecule has 1 unspecified atom stereocenters. The molecular formula is C21H20F3NO2S. The quantitative estimate of drug-likeness (QED) is 0.624. The Kier molecular flexibility index (Phi) is 4.75. The number of ether oxygens (including phenoxy) is 2. The van der Waals surface area contributed by atoms with E-state index in [2.05, 4.69) is 5.32 Å². The average molecular weight is 407 g/mol. The second-order valence-electron chi connectivity index (χ2n) is 6.84. The van der Waals surface area contributed by atoms with Crippen molar-refractivity contribution >= 4 is 21.4 Å². The van der Waals surface area contributed by atoms with Crippen molar-refractivity contribution in [3.63, 3.8) is 0 Å². The van der Waals surface area contributed by atoms with E-state index in [1.165, 1.54) is 17.4 Å². The number of rotatable bonds is 3. The molecule has 4 rings (SSSR count). The Labute approximate surface area is 165 Å². The van der Waals surface area contributed by atoms with E-state index >= 15 is 0 Å². The third-order valence-electron chi connectivity index (χ3n) is 5.26. The topological polar surface area (TPSA) is 30.5 Å². The average Bonchev–Trinajstić information content (AvgIpc) is 3.01. The first-order valence-electron chi connectivity index (χ1n) is 8.92. The molecular weight excluding hydrogens is 387 g/mol. The molecule has 148 valence electrons. The van der Waals surface area contributed by atoms with Crippen molar-refractivity contribution in [3.05, 3.63) is 57.5 Å². The van der Waals surface area contributed by atoms with Gasteiger partial charge in [0.05, 0.1) is 25.8 Å². The number of hydrogen-bond acceptors (Lipinski definition) is 4. The first-order chi connectivity index (χ1) is 13.3. The van der Waals surface area contributed by atoms with Gasteiger partial charge in [-0.3, -0.25) is 0 Å². The second kappa shape index (κ2) is 6.97. The van der Waals surface area contributed by atoms with Gasteiger partial charge >= 0.3 is 6.18 Å². The van der Waals surface area contributed by atoms with Crippen LogP contribution in [0.2, 0.25) is 0 Å². The lowest BCUT2D eigenvalue weighted by molar-refractivity contribution is -0.137. The Balaban J connectivity index is 1.84. The summed E-state index contributed by atoms with van der Waals surface area (Å²) in [6.45, 7) is 2.76. The number of fused-ring (bicyclic) bond motifs is 2. The fraction of sp³-hybridized carbons (Fsp3) is 0.333. The summed E-state index contributed by atoms with van der Waals surface area (Å²) in [4.78, 5) is 1.03. The maximum absolute atomic E-state index is 13.1. The maximum atomic E-state index is 13.1. The number of aryl methyl sites for hydroxylation is 1. The Hall–Kier alpha value is -2.25. The van der Waals surface area contributed by atoms with Crippen LogP contribution in [0.5, 0.6) is 11.5 Å². The molecule has 3 aromatic rings. The summed E-state index contributed by atoms with van der Waals surface area (Å²) in [6, 6.07) is 7.85. The van der Waals surface area contributed by atoms with E-state index in [1.807, 2.05) is 19.1 Å². The standard InChI is InChI=1S/C21H20F3NO2S/c1-11-14-5-4-13(21(22,23)24)9-18(14)28-20(11)19-15-10-17(27-3)16(26-2)8-12(15)6-7-25-19/h4-5,8-10,19,25H,6-7H2,1-3H3. The Morgan fingerprint density at radius 2 is 1.79 bits per heavy atom. The summed E-state index contributed by atoms with van der Waals surface area (Å²) in [6.07, 6.45) is -3.49. The predicted molar refractivity (Wildman–Crippen MR) is 105 cm³/mol. The Morgan fingerprint density at radius 3 is 2.46 bits per heavy atom. The summed E-state index contributed by atoms with van der Waals surface area (Å²) in [5, 5.41) is 4.38. The van der Waals surface area contributed by atoms with Gasteiger partial charge in [0.25, 0.3) is 0 Å². The molecule has 1 N–H and O–H groups in total. The molecule has 3 nitrogen and oxygen atoms in total. The lowest BCUT2D eigenvalue weighted by Gasteiger charge is -2.28. The Bertz CT molecular complexity index is 1040. The van der Waals surface area contributed by atoms with Gasteiger partial charge in [0.2, 0.25) is 0 Å². The summed E-state index contributed by atoms with van der Waals surface area (Å²) < 4.78 is 50.8. The number of methoxy groups -OCH3 is 2. The molecule has 1 aliphatic heterocycles. The first kappa shape index (κ1) is 19.1. The van der Waals surface area contributed by atoms with Gasteiger partial charge in [-0.1, -0.05) is 6.07 Å². The molecule has 28 heavy (non-hydrogen) atoms. The van der Waals surface area contributed by atoms with Crippen molar-refractivity contribution in [1.29, 1.82) is 0 Å². The van der Waals surface area contributed by atoms with E-state index in [4.69, 9.17) is 9.47 Å². The molecule has 1 atom stereocenters. The fourth-order valence-electron chi connectivity index (χ4n) is 3.81. The molecule has 1 aliphatic rings. The van der Waals surface area contributed by atoms with E-state index in [1.54, 1.807) is 20.3 Å². The minimum Gasteiger partial charge on any atom is -0.493 e. The minimum absolute atomic E-state index is 0.0877. The third kappa shape index (κ3) is 3.12. The van der Waals surface area contributed by atoms with Gasteiger partial charge in [-0.25, -0.2) is 0 Å². The van der Waals surface area contributed by atoms with Crippen molar-refractivity contribution in [2.24, 2.45) is 0 Å². The normalized spacial score (nSPS) is 16.9. The van der Waals surface area contributed by atoms with Gasteiger partial charge in [-0.15, -0.1) is 11.3 Å². The monoisotopic (exact) mass is 407 g/mol. The van der Waals surface area contributed by atoms with E-state index in [9.17, 15) is 13.2 Å². The second-order valence-corrected chi connectivity index (χ2v) is 7.93. The predicted octanol–water partition coefficient (Wildman–Crippen LogP) is 5.48. The zero-order valence-electron chi connectivity index (χ0n) is 15.7. The number of alkyl halides is 3. The number of hydrogen-bond donors (Lipinski definition) is 1. The molecule has 2 aromatic carbocycles. The van der Waals surface area contributed by atoms with Crippen LogP contribution >= 0.6 is 11.3 Å². The van der Waals surface area contributed by atoms with Crippen molar-refractivity contribution in [3.8, 4) is 11.5 Å². The van der Waals surface area contributed by atoms with Crippen molar-refractivity contribution < 1.29 is 22.6 Å². The fourth-order valence-corrected chi connectivity index (χ4v) is 5.16. The molecule has 0 saturated heterocycles. The van der Waals surface area contributed by atoms with E-state index < -0.39 is 11.7 Å². The smallest absolute Gasteiger partial charge is 0.416 e. The number of thiophene rings is 1. The van der Waals surface area contributed by atoms with E-state index in [0.717, 1.165) is 46.0 Å². The summed E-state index contributed by atoms with van der Waals surface area (Å²) in [7, 11) is 3.20. The summed E-state index contributed by atoms with van der Waals surface area (Å²) in [5.74, 6) is 1.33. The highest BCUT2D eigenvalue weighted by molar-refractivity contribution is 7.19. The van der Waals surface area contributed by atoms with Crippen LogP contribution < -0.4 is 14.8 Å². The van der Waals surface area contributed by atoms with Gasteiger partial charge in [0, 0.05) is 16.1 Å². The van der Waals surface area contributed by atoms with Gasteiger partial charge in [0.15, 0.2) is 11.5 Å². The molecule has 0 fully saturated rings. The molecule has 0 radical (unpaired) electrons. The lowest BCUT2D eigenvalue weighted by Crippen LogP contribution is -2.30. The molecule has 0 amide bonds. The van der Waals surface area contributed by atoms with Gasteiger partial charge in [-0.05, 0) is 59.7 Å². The van der Waals surface area contributed by atoms with Gasteiger partial charge in [-0.2, -0.15) is 13.2 Å². The SMILES string of the molecule is COc1cc2c(cc1OC)C(c1sc3cc(C(F)(F)F)ccc3c1C)NCC2. The van der Waals surface area contributed by atoms with Crippen LogP contribution in [0.1, 0.15) is 33.2 Å². The molecule has 0 aliphatic carbocycles. The largest absolute Gasteiger partial charge is 0.493 e. The zero-order chi connectivity index (χ0) is 20.1. The number of nitrogens with one attached hydrogen (secondary N) is 1. The van der Waals surface area contributed by atoms with Gasteiger partial charge in [0.1, 0.15) is 0 Å². The van der Waals surface area contributed by atoms with Crippen molar-refractivity contribution in [2.75, 3.05) is 20.8 Å².